The largest absolute Gasteiger partial charge is 0.376 e. The molecule has 3 aliphatic rings. The summed E-state index contributed by atoms with van der Waals surface area (Å²) in [5, 5.41) is 11.3. The van der Waals surface area contributed by atoms with Crippen molar-refractivity contribution in [2.24, 2.45) is 0 Å². The van der Waals surface area contributed by atoms with Gasteiger partial charge in [-0.3, -0.25) is 14.8 Å². The highest BCUT2D eigenvalue weighted by molar-refractivity contribution is 5.94. The van der Waals surface area contributed by atoms with Crippen LogP contribution >= 0.6 is 0 Å². The number of likely N-dealkylation sites (tertiary alicyclic amines) is 1. The van der Waals surface area contributed by atoms with Crippen LogP contribution in [0.25, 0.3) is 0 Å². The molecule has 1 spiro atoms. The van der Waals surface area contributed by atoms with Gasteiger partial charge in [0.05, 0.1) is 44.2 Å². The lowest BCUT2D eigenvalue weighted by atomic mass is 9.89. The number of morpholine rings is 1. The van der Waals surface area contributed by atoms with Crippen LogP contribution in [0, 0.1) is 6.92 Å². The molecule has 3 aliphatic heterocycles. The van der Waals surface area contributed by atoms with Crippen LogP contribution in [0.3, 0.4) is 0 Å². The molecule has 0 aliphatic carbocycles. The molecular weight excluding hydrogens is 374 g/mol. The lowest BCUT2D eigenvalue weighted by molar-refractivity contribution is -0.128. The first kappa shape index (κ1) is 18.8. The summed E-state index contributed by atoms with van der Waals surface area (Å²) in [7, 11) is 0. The summed E-state index contributed by atoms with van der Waals surface area (Å²) in [6, 6.07) is 1.98. The first-order chi connectivity index (χ1) is 14.1. The fraction of sp³-hybridized carbons (Fsp3) is 0.650. The SMILES string of the molecule is Cc1cc(CN2CCC3(CC2)CN(C(=O)c2n[nH]c4c2COCC4)CCO3)on1. The number of rotatable bonds is 3. The van der Waals surface area contributed by atoms with Gasteiger partial charge in [0.15, 0.2) is 11.5 Å². The van der Waals surface area contributed by atoms with E-state index in [4.69, 9.17) is 14.0 Å². The number of ether oxygens (including phenoxy) is 2. The molecule has 0 unspecified atom stereocenters. The number of nitrogens with one attached hydrogen (secondary N) is 1. The van der Waals surface area contributed by atoms with E-state index < -0.39 is 0 Å². The Labute approximate surface area is 169 Å². The smallest absolute Gasteiger partial charge is 0.274 e. The third-order valence-corrected chi connectivity index (χ3v) is 6.26. The summed E-state index contributed by atoms with van der Waals surface area (Å²) in [4.78, 5) is 17.4. The van der Waals surface area contributed by atoms with Crippen LogP contribution in [0.15, 0.2) is 10.6 Å². The van der Waals surface area contributed by atoms with Crippen molar-refractivity contribution in [2.75, 3.05) is 39.4 Å². The number of nitrogens with zero attached hydrogens (tertiary/aromatic N) is 4. The second-order valence-electron chi connectivity index (χ2n) is 8.30. The molecule has 0 bridgehead atoms. The van der Waals surface area contributed by atoms with Crippen molar-refractivity contribution in [1.82, 2.24) is 25.2 Å². The average Bonchev–Trinajstić information content (AvgIpc) is 3.35. The highest BCUT2D eigenvalue weighted by atomic mass is 16.5. The van der Waals surface area contributed by atoms with E-state index in [2.05, 4.69) is 20.3 Å². The minimum absolute atomic E-state index is 0.0183. The Balaban J connectivity index is 1.23. The van der Waals surface area contributed by atoms with E-state index in [1.165, 1.54) is 0 Å². The average molecular weight is 401 g/mol. The van der Waals surface area contributed by atoms with Crippen LogP contribution in [-0.2, 0) is 29.0 Å². The lowest BCUT2D eigenvalue weighted by Gasteiger charge is -2.47. The van der Waals surface area contributed by atoms with E-state index in [1.807, 2.05) is 17.9 Å². The molecule has 2 aromatic rings. The van der Waals surface area contributed by atoms with Crippen LogP contribution in [0.2, 0.25) is 0 Å². The molecule has 1 amide bonds. The minimum Gasteiger partial charge on any atom is -0.376 e. The second-order valence-corrected chi connectivity index (χ2v) is 8.30. The number of hydrogen-bond acceptors (Lipinski definition) is 7. The molecule has 29 heavy (non-hydrogen) atoms. The maximum absolute atomic E-state index is 13.2. The molecule has 2 saturated heterocycles. The first-order valence-electron chi connectivity index (χ1n) is 10.3. The van der Waals surface area contributed by atoms with Gasteiger partial charge in [0, 0.05) is 43.4 Å². The van der Waals surface area contributed by atoms with E-state index in [1.54, 1.807) is 0 Å². The third kappa shape index (κ3) is 3.70. The molecule has 0 aromatic carbocycles. The topological polar surface area (TPSA) is 96.7 Å². The van der Waals surface area contributed by atoms with Gasteiger partial charge in [0.25, 0.3) is 5.91 Å². The van der Waals surface area contributed by atoms with Crippen molar-refractivity contribution < 1.29 is 18.8 Å². The van der Waals surface area contributed by atoms with Gasteiger partial charge >= 0.3 is 0 Å². The Morgan fingerprint density at radius 3 is 2.93 bits per heavy atom. The molecule has 0 saturated carbocycles. The molecule has 2 aromatic heterocycles. The van der Waals surface area contributed by atoms with E-state index in [9.17, 15) is 4.79 Å². The molecule has 9 heteroatoms. The summed E-state index contributed by atoms with van der Waals surface area (Å²) in [5.74, 6) is 0.876. The van der Waals surface area contributed by atoms with Crippen LogP contribution in [0.5, 0.6) is 0 Å². The Morgan fingerprint density at radius 2 is 2.14 bits per heavy atom. The van der Waals surface area contributed by atoms with Crippen molar-refractivity contribution in [3.05, 3.63) is 34.5 Å². The number of aromatic nitrogens is 3. The molecule has 1 N–H and O–H groups in total. The number of amides is 1. The number of H-pyrrole nitrogens is 1. The Bertz CT molecular complexity index is 883. The number of aromatic amines is 1. The summed E-state index contributed by atoms with van der Waals surface area (Å²) in [6.07, 6.45) is 2.57. The zero-order valence-corrected chi connectivity index (χ0v) is 16.8. The maximum Gasteiger partial charge on any atom is 0.274 e. The van der Waals surface area contributed by atoms with Crippen LogP contribution in [0.4, 0.5) is 0 Å². The van der Waals surface area contributed by atoms with Crippen molar-refractivity contribution >= 4 is 5.91 Å². The summed E-state index contributed by atoms with van der Waals surface area (Å²) in [5.41, 5.74) is 3.09. The second kappa shape index (κ2) is 7.55. The fourth-order valence-corrected chi connectivity index (χ4v) is 4.59. The Hall–Kier alpha value is -2.23. The quantitative estimate of drug-likeness (QED) is 0.828. The highest BCUT2D eigenvalue weighted by Gasteiger charge is 2.42. The summed E-state index contributed by atoms with van der Waals surface area (Å²) in [6.45, 7) is 7.43. The van der Waals surface area contributed by atoms with E-state index in [0.29, 0.717) is 38.6 Å². The zero-order chi connectivity index (χ0) is 19.8. The molecule has 5 rings (SSSR count). The number of carbonyl (C=O) groups excluding carboxylic acids is 1. The predicted molar refractivity (Wildman–Crippen MR) is 102 cm³/mol. The van der Waals surface area contributed by atoms with Gasteiger partial charge in [-0.25, -0.2) is 0 Å². The molecule has 0 radical (unpaired) electrons. The van der Waals surface area contributed by atoms with E-state index in [0.717, 1.165) is 61.6 Å². The van der Waals surface area contributed by atoms with Crippen LogP contribution in [0.1, 0.15) is 46.0 Å². The van der Waals surface area contributed by atoms with Crippen molar-refractivity contribution in [3.63, 3.8) is 0 Å². The van der Waals surface area contributed by atoms with Crippen molar-refractivity contribution in [2.45, 2.75) is 44.9 Å². The number of carbonyl (C=O) groups is 1. The predicted octanol–water partition coefficient (Wildman–Crippen LogP) is 1.29. The summed E-state index contributed by atoms with van der Waals surface area (Å²) >= 11 is 0. The molecule has 0 atom stereocenters. The fourth-order valence-electron chi connectivity index (χ4n) is 4.59. The first-order valence-corrected chi connectivity index (χ1v) is 10.3. The molecular formula is C20H27N5O4. The number of fused-ring (bicyclic) bond motifs is 1. The number of hydrogen-bond donors (Lipinski definition) is 1. The van der Waals surface area contributed by atoms with Gasteiger partial charge in [0.2, 0.25) is 0 Å². The van der Waals surface area contributed by atoms with Gasteiger partial charge in [0.1, 0.15) is 0 Å². The number of piperidine rings is 1. The Morgan fingerprint density at radius 1 is 1.28 bits per heavy atom. The van der Waals surface area contributed by atoms with Gasteiger partial charge in [-0.05, 0) is 19.8 Å². The zero-order valence-electron chi connectivity index (χ0n) is 16.8. The molecule has 5 heterocycles. The van der Waals surface area contributed by atoms with Crippen molar-refractivity contribution in [3.8, 4) is 0 Å². The van der Waals surface area contributed by atoms with E-state index >= 15 is 0 Å². The molecule has 2 fully saturated rings. The summed E-state index contributed by atoms with van der Waals surface area (Å²) < 4.78 is 17.1. The Kier molecular flexibility index (Phi) is 4.89. The van der Waals surface area contributed by atoms with Crippen molar-refractivity contribution in [1.29, 1.82) is 0 Å². The monoisotopic (exact) mass is 401 g/mol. The molecule has 156 valence electrons. The number of aryl methyl sites for hydroxylation is 1. The normalized spacial score (nSPS) is 22.0. The maximum atomic E-state index is 13.2. The van der Waals surface area contributed by atoms with Gasteiger partial charge < -0.3 is 18.9 Å². The van der Waals surface area contributed by atoms with Gasteiger partial charge in [-0.15, -0.1) is 0 Å². The van der Waals surface area contributed by atoms with Gasteiger partial charge in [-0.2, -0.15) is 5.10 Å². The van der Waals surface area contributed by atoms with Gasteiger partial charge in [-0.1, -0.05) is 5.16 Å². The van der Waals surface area contributed by atoms with E-state index in [-0.39, 0.29) is 11.5 Å². The van der Waals surface area contributed by atoms with Crippen LogP contribution < -0.4 is 0 Å². The molecule has 9 nitrogen and oxygen atoms in total. The highest BCUT2D eigenvalue weighted by Crippen LogP contribution is 2.32. The standard InChI is InChI=1S/C20H27N5O4/c1-14-10-15(29-23-14)11-24-5-3-20(4-6-24)13-25(7-9-28-20)19(26)18-16-12-27-8-2-17(16)21-22-18/h10H,2-9,11-13H2,1H3,(H,21,22). The minimum atomic E-state index is -0.269. The lowest BCUT2D eigenvalue weighted by Crippen LogP contribution is -2.58. The van der Waals surface area contributed by atoms with Crippen LogP contribution in [-0.4, -0.2) is 76.1 Å². The third-order valence-electron chi connectivity index (χ3n) is 6.26.